The van der Waals surface area contributed by atoms with E-state index in [1.807, 2.05) is 31.2 Å². The first-order chi connectivity index (χ1) is 5.79. The van der Waals surface area contributed by atoms with Gasteiger partial charge in [-0.1, -0.05) is 12.1 Å². The molecule has 1 aromatic heterocycles. The summed E-state index contributed by atoms with van der Waals surface area (Å²) in [5.41, 5.74) is 2.01. The Morgan fingerprint density at radius 1 is 1.33 bits per heavy atom. The van der Waals surface area contributed by atoms with E-state index < -0.39 is 0 Å². The molecule has 0 radical (unpaired) electrons. The van der Waals surface area contributed by atoms with E-state index in [-0.39, 0.29) is 0 Å². The van der Waals surface area contributed by atoms with Crippen molar-refractivity contribution in [2.24, 2.45) is 0 Å². The second-order valence-electron chi connectivity index (χ2n) is 2.75. The zero-order valence-electron chi connectivity index (χ0n) is 6.86. The minimum absolute atomic E-state index is 0.983. The smallest absolute Gasteiger partial charge is 0.269 e. The number of nitrogens with zero attached hydrogens (tertiary/aromatic N) is 2. The van der Waals surface area contributed by atoms with Crippen LogP contribution in [0.4, 0.5) is 0 Å². The third-order valence-electron chi connectivity index (χ3n) is 2.00. The highest BCUT2D eigenvalue weighted by atomic mass is 15.3. The third kappa shape index (κ3) is 0.906. The Balaban J connectivity index is 2.91. The van der Waals surface area contributed by atoms with Crippen molar-refractivity contribution in [3.63, 3.8) is 0 Å². The van der Waals surface area contributed by atoms with E-state index >= 15 is 0 Å². The summed E-state index contributed by atoms with van der Waals surface area (Å²) >= 11 is 0. The summed E-state index contributed by atoms with van der Waals surface area (Å²) in [6.45, 7) is 1.98. The van der Waals surface area contributed by atoms with Crippen molar-refractivity contribution >= 4 is 10.9 Å². The maximum absolute atomic E-state index is 5.64. The van der Waals surface area contributed by atoms with Crippen LogP contribution in [0.1, 0.15) is 5.69 Å². The van der Waals surface area contributed by atoms with Crippen LogP contribution in [0.2, 0.25) is 0 Å². The molecule has 0 saturated carbocycles. The molecule has 3 heteroatoms. The van der Waals surface area contributed by atoms with Crippen molar-refractivity contribution in [1.82, 2.24) is 4.98 Å². The van der Waals surface area contributed by atoms with Crippen LogP contribution in [-0.4, -0.2) is 4.98 Å². The standard InChI is InChI=1S/C9H10N3/c1-7-8-4-2-3-5-9(8)11-6-12(7)10/h2-6H,10H2,1H3/q+1. The fourth-order valence-corrected chi connectivity index (χ4v) is 1.24. The number of fused-ring (bicyclic) bond motifs is 1. The van der Waals surface area contributed by atoms with Crippen LogP contribution in [0, 0.1) is 6.92 Å². The average Bonchev–Trinajstić information content (AvgIpc) is 2.12. The molecule has 0 saturated heterocycles. The van der Waals surface area contributed by atoms with Gasteiger partial charge in [-0.2, -0.15) is 0 Å². The van der Waals surface area contributed by atoms with Crippen LogP contribution in [0.15, 0.2) is 30.6 Å². The van der Waals surface area contributed by atoms with Gasteiger partial charge in [-0.05, 0) is 17.1 Å². The molecule has 12 heavy (non-hydrogen) atoms. The Labute approximate surface area is 70.4 Å². The van der Waals surface area contributed by atoms with Gasteiger partial charge in [0, 0.05) is 6.92 Å². The minimum atomic E-state index is 0.983. The molecule has 2 N–H and O–H groups in total. The van der Waals surface area contributed by atoms with Gasteiger partial charge in [0.25, 0.3) is 0 Å². The Bertz CT molecular complexity index is 423. The molecule has 0 aliphatic heterocycles. The highest BCUT2D eigenvalue weighted by Gasteiger charge is 2.06. The van der Waals surface area contributed by atoms with Gasteiger partial charge in [0.1, 0.15) is 5.69 Å². The molecule has 0 amide bonds. The lowest BCUT2D eigenvalue weighted by Gasteiger charge is -1.96. The average molecular weight is 160 g/mol. The summed E-state index contributed by atoms with van der Waals surface area (Å²) in [4.78, 5) is 4.18. The molecule has 0 aliphatic rings. The molecule has 1 heterocycles. The van der Waals surface area contributed by atoms with Crippen LogP contribution in [0.25, 0.3) is 10.9 Å². The zero-order valence-corrected chi connectivity index (χ0v) is 6.86. The Kier molecular flexibility index (Phi) is 1.43. The number of aromatic nitrogens is 2. The first-order valence-electron chi connectivity index (χ1n) is 3.80. The van der Waals surface area contributed by atoms with E-state index in [2.05, 4.69) is 4.98 Å². The van der Waals surface area contributed by atoms with E-state index in [9.17, 15) is 0 Å². The Morgan fingerprint density at radius 3 is 2.92 bits per heavy atom. The van der Waals surface area contributed by atoms with Gasteiger partial charge in [-0.25, -0.2) is 0 Å². The van der Waals surface area contributed by atoms with Crippen LogP contribution in [0.5, 0.6) is 0 Å². The van der Waals surface area contributed by atoms with E-state index in [0.717, 1.165) is 16.6 Å². The molecule has 0 atom stereocenters. The van der Waals surface area contributed by atoms with E-state index in [0.29, 0.717) is 0 Å². The van der Waals surface area contributed by atoms with Gasteiger partial charge >= 0.3 is 6.33 Å². The molecule has 60 valence electrons. The molecule has 0 spiro atoms. The van der Waals surface area contributed by atoms with Gasteiger partial charge in [0.2, 0.25) is 0 Å². The molecule has 3 nitrogen and oxygen atoms in total. The summed E-state index contributed by atoms with van der Waals surface area (Å²) in [5, 5.41) is 1.10. The first-order valence-corrected chi connectivity index (χ1v) is 3.80. The Hall–Kier alpha value is -1.64. The molecule has 0 unspecified atom stereocenters. The van der Waals surface area contributed by atoms with Gasteiger partial charge in [-0.3, -0.25) is 5.84 Å². The lowest BCUT2D eigenvalue weighted by atomic mass is 10.2. The predicted molar refractivity (Wildman–Crippen MR) is 46.8 cm³/mol. The van der Waals surface area contributed by atoms with Gasteiger partial charge in [-0.15, -0.1) is 4.68 Å². The van der Waals surface area contributed by atoms with E-state index in [1.165, 1.54) is 4.68 Å². The Morgan fingerprint density at radius 2 is 2.08 bits per heavy atom. The molecule has 2 rings (SSSR count). The highest BCUT2D eigenvalue weighted by Crippen LogP contribution is 2.10. The number of aryl methyl sites for hydroxylation is 1. The van der Waals surface area contributed by atoms with Gasteiger partial charge in [0.05, 0.1) is 5.39 Å². The normalized spacial score (nSPS) is 10.4. The number of nitrogens with two attached hydrogens (primary N) is 1. The van der Waals surface area contributed by atoms with Crippen molar-refractivity contribution in [3.8, 4) is 0 Å². The first kappa shape index (κ1) is 7.03. The maximum Gasteiger partial charge on any atom is 0.309 e. The van der Waals surface area contributed by atoms with E-state index in [1.54, 1.807) is 6.33 Å². The van der Waals surface area contributed by atoms with Gasteiger partial charge < -0.3 is 0 Å². The number of nitrogen functional groups attached to an aromatic ring is 1. The number of benzene rings is 1. The topological polar surface area (TPSA) is 42.8 Å². The second kappa shape index (κ2) is 2.44. The number of rotatable bonds is 0. The number of hydrogen-bond acceptors (Lipinski definition) is 2. The largest absolute Gasteiger partial charge is 0.309 e. The van der Waals surface area contributed by atoms with Crippen molar-refractivity contribution < 1.29 is 4.68 Å². The van der Waals surface area contributed by atoms with Crippen molar-refractivity contribution in [2.45, 2.75) is 6.92 Å². The summed E-state index contributed by atoms with van der Waals surface area (Å²) in [7, 11) is 0. The lowest BCUT2D eigenvalue weighted by Crippen LogP contribution is -2.47. The fourth-order valence-electron chi connectivity index (χ4n) is 1.24. The molecule has 1 aromatic carbocycles. The monoisotopic (exact) mass is 160 g/mol. The van der Waals surface area contributed by atoms with E-state index in [4.69, 9.17) is 5.84 Å². The second-order valence-corrected chi connectivity index (χ2v) is 2.75. The quantitative estimate of drug-likeness (QED) is 0.451. The fraction of sp³-hybridized carbons (Fsp3) is 0.111. The summed E-state index contributed by atoms with van der Waals surface area (Å²) in [6.07, 6.45) is 1.62. The number of para-hydroxylation sites is 1. The number of hydrogen-bond donors (Lipinski definition) is 1. The third-order valence-corrected chi connectivity index (χ3v) is 2.00. The molecular formula is C9H10N3+. The van der Waals surface area contributed by atoms with Crippen LogP contribution < -0.4 is 10.5 Å². The van der Waals surface area contributed by atoms with Gasteiger partial charge in [0.15, 0.2) is 5.52 Å². The molecule has 2 aromatic rings. The summed E-state index contributed by atoms with van der Waals surface area (Å²) in [6, 6.07) is 7.94. The van der Waals surface area contributed by atoms with Crippen LogP contribution in [0.3, 0.4) is 0 Å². The molecular weight excluding hydrogens is 150 g/mol. The molecule has 0 bridgehead atoms. The van der Waals surface area contributed by atoms with Crippen molar-refractivity contribution in [2.75, 3.05) is 5.84 Å². The minimum Gasteiger partial charge on any atom is -0.269 e. The zero-order chi connectivity index (χ0) is 8.55. The highest BCUT2D eigenvalue weighted by molar-refractivity contribution is 5.79. The van der Waals surface area contributed by atoms with Crippen LogP contribution in [-0.2, 0) is 0 Å². The van der Waals surface area contributed by atoms with Crippen LogP contribution >= 0.6 is 0 Å². The van der Waals surface area contributed by atoms with Crippen molar-refractivity contribution in [1.29, 1.82) is 0 Å². The lowest BCUT2D eigenvalue weighted by molar-refractivity contribution is -0.646. The summed E-state index contributed by atoms with van der Waals surface area (Å²) in [5.74, 6) is 5.64. The SMILES string of the molecule is Cc1c2ccccc2nc[n+]1N. The maximum atomic E-state index is 5.64. The predicted octanol–water partition coefficient (Wildman–Crippen LogP) is 0.545. The molecule has 0 fully saturated rings. The van der Waals surface area contributed by atoms with Crippen molar-refractivity contribution in [3.05, 3.63) is 36.3 Å². The summed E-state index contributed by atoms with van der Waals surface area (Å²) < 4.78 is 1.53. The molecule has 0 aliphatic carbocycles.